The van der Waals surface area contributed by atoms with Gasteiger partial charge < -0.3 is 10.0 Å². The fourth-order valence-electron chi connectivity index (χ4n) is 2.38. The summed E-state index contributed by atoms with van der Waals surface area (Å²) in [5.74, 6) is -0.614. The van der Waals surface area contributed by atoms with E-state index in [4.69, 9.17) is 5.11 Å². The molecule has 5 heteroatoms. The highest BCUT2D eigenvalue weighted by Crippen LogP contribution is 2.20. The van der Waals surface area contributed by atoms with Crippen molar-refractivity contribution in [1.82, 2.24) is 9.80 Å². The van der Waals surface area contributed by atoms with Gasteiger partial charge in [-0.2, -0.15) is 0 Å². The van der Waals surface area contributed by atoms with E-state index in [2.05, 4.69) is 0 Å². The molecule has 1 unspecified atom stereocenters. The van der Waals surface area contributed by atoms with E-state index in [1.54, 1.807) is 0 Å². The number of nitrogens with zero attached hydrogens (tertiary/aromatic N) is 2. The SMILES string of the molecule is O=C(O)CC1CCCN1CC(=O)N1CCC1. The number of carboxylic acids is 1. The highest BCUT2D eigenvalue weighted by molar-refractivity contribution is 5.79. The summed E-state index contributed by atoms with van der Waals surface area (Å²) in [6, 6.07) is 0.0581. The van der Waals surface area contributed by atoms with E-state index >= 15 is 0 Å². The van der Waals surface area contributed by atoms with E-state index in [1.807, 2.05) is 9.80 Å². The zero-order valence-electron chi connectivity index (χ0n) is 9.39. The van der Waals surface area contributed by atoms with Crippen LogP contribution in [0.4, 0.5) is 0 Å². The number of carbonyl (C=O) groups is 2. The zero-order chi connectivity index (χ0) is 11.5. The summed E-state index contributed by atoms with van der Waals surface area (Å²) >= 11 is 0. The van der Waals surface area contributed by atoms with Gasteiger partial charge >= 0.3 is 5.97 Å². The van der Waals surface area contributed by atoms with Crippen LogP contribution in [0.2, 0.25) is 0 Å². The van der Waals surface area contributed by atoms with Gasteiger partial charge in [0.25, 0.3) is 0 Å². The molecule has 0 spiro atoms. The third-order valence-corrected chi connectivity index (χ3v) is 3.46. The average molecular weight is 226 g/mol. The minimum absolute atomic E-state index is 0.0581. The number of carboxylic acid groups (broad SMARTS) is 1. The van der Waals surface area contributed by atoms with Crippen LogP contribution in [0.3, 0.4) is 0 Å². The van der Waals surface area contributed by atoms with Crippen molar-refractivity contribution >= 4 is 11.9 Å². The number of amides is 1. The van der Waals surface area contributed by atoms with E-state index in [-0.39, 0.29) is 18.4 Å². The summed E-state index contributed by atoms with van der Waals surface area (Å²) in [6.07, 6.45) is 3.17. The molecule has 0 radical (unpaired) electrons. The number of aliphatic carboxylic acids is 1. The van der Waals surface area contributed by atoms with Gasteiger partial charge in [0.2, 0.25) is 5.91 Å². The van der Waals surface area contributed by atoms with Crippen molar-refractivity contribution in [3.8, 4) is 0 Å². The summed E-state index contributed by atoms with van der Waals surface area (Å²) in [5.41, 5.74) is 0. The van der Waals surface area contributed by atoms with E-state index in [1.165, 1.54) is 0 Å². The predicted octanol–water partition coefficient (Wildman–Crippen LogP) is 0.158. The highest BCUT2D eigenvalue weighted by Gasteiger charge is 2.30. The molecule has 0 saturated carbocycles. The standard InChI is InChI=1S/C11H18N2O3/c14-10(12-5-2-6-12)8-13-4-1-3-9(13)7-11(15)16/h9H,1-8H2,(H,15,16). The first-order chi connectivity index (χ1) is 7.66. The number of likely N-dealkylation sites (tertiary alicyclic amines) is 2. The summed E-state index contributed by atoms with van der Waals surface area (Å²) in [4.78, 5) is 26.3. The summed E-state index contributed by atoms with van der Waals surface area (Å²) in [7, 11) is 0. The van der Waals surface area contributed by atoms with Gasteiger partial charge in [-0.05, 0) is 25.8 Å². The van der Waals surface area contributed by atoms with Crippen molar-refractivity contribution in [2.45, 2.75) is 31.7 Å². The van der Waals surface area contributed by atoms with Crippen molar-refractivity contribution in [2.24, 2.45) is 0 Å². The summed E-state index contributed by atoms with van der Waals surface area (Å²) in [5, 5.41) is 8.77. The maximum absolute atomic E-state index is 11.7. The predicted molar refractivity (Wildman–Crippen MR) is 58.0 cm³/mol. The Balaban J connectivity index is 1.82. The number of hydrogen-bond donors (Lipinski definition) is 1. The molecule has 0 aliphatic carbocycles. The third-order valence-electron chi connectivity index (χ3n) is 3.46. The average Bonchev–Trinajstić information content (AvgIpc) is 2.48. The van der Waals surface area contributed by atoms with Crippen LogP contribution in [0.5, 0.6) is 0 Å². The third kappa shape index (κ3) is 2.52. The molecule has 90 valence electrons. The smallest absolute Gasteiger partial charge is 0.304 e. The Bertz CT molecular complexity index is 289. The van der Waals surface area contributed by atoms with Crippen molar-refractivity contribution in [2.75, 3.05) is 26.2 Å². The second kappa shape index (κ2) is 4.82. The van der Waals surface area contributed by atoms with Crippen LogP contribution in [0.1, 0.15) is 25.7 Å². The van der Waals surface area contributed by atoms with Gasteiger partial charge in [-0.25, -0.2) is 0 Å². The molecule has 1 amide bonds. The lowest BCUT2D eigenvalue weighted by Gasteiger charge is -2.33. The molecule has 1 atom stereocenters. The molecule has 0 bridgehead atoms. The Morgan fingerprint density at radius 2 is 1.94 bits per heavy atom. The van der Waals surface area contributed by atoms with Crippen LogP contribution < -0.4 is 0 Å². The number of hydrogen-bond acceptors (Lipinski definition) is 3. The monoisotopic (exact) mass is 226 g/mol. The Morgan fingerprint density at radius 1 is 1.19 bits per heavy atom. The lowest BCUT2D eigenvalue weighted by molar-refractivity contribution is -0.140. The molecule has 2 rings (SSSR count). The largest absolute Gasteiger partial charge is 0.481 e. The van der Waals surface area contributed by atoms with Crippen LogP contribution in [-0.4, -0.2) is 59.0 Å². The topological polar surface area (TPSA) is 60.9 Å². The molecule has 5 nitrogen and oxygen atoms in total. The Hall–Kier alpha value is -1.10. The fourth-order valence-corrected chi connectivity index (χ4v) is 2.38. The molecule has 2 heterocycles. The molecule has 0 aromatic rings. The van der Waals surface area contributed by atoms with Gasteiger partial charge in [0.15, 0.2) is 0 Å². The van der Waals surface area contributed by atoms with Crippen LogP contribution in [0.25, 0.3) is 0 Å². The molecule has 2 fully saturated rings. The van der Waals surface area contributed by atoms with Crippen molar-refractivity contribution in [3.05, 3.63) is 0 Å². The molecule has 16 heavy (non-hydrogen) atoms. The molecular formula is C11H18N2O3. The van der Waals surface area contributed by atoms with Gasteiger partial charge in [-0.3, -0.25) is 14.5 Å². The molecule has 1 N–H and O–H groups in total. The Morgan fingerprint density at radius 3 is 2.50 bits per heavy atom. The van der Waals surface area contributed by atoms with Crippen molar-refractivity contribution in [1.29, 1.82) is 0 Å². The van der Waals surface area contributed by atoms with Gasteiger partial charge in [-0.1, -0.05) is 0 Å². The van der Waals surface area contributed by atoms with Gasteiger partial charge in [0.05, 0.1) is 13.0 Å². The molecular weight excluding hydrogens is 208 g/mol. The van der Waals surface area contributed by atoms with Crippen LogP contribution in [0.15, 0.2) is 0 Å². The summed E-state index contributed by atoms with van der Waals surface area (Å²) < 4.78 is 0. The summed E-state index contributed by atoms with van der Waals surface area (Å²) in [6.45, 7) is 3.00. The number of carbonyl (C=O) groups excluding carboxylic acids is 1. The lowest BCUT2D eigenvalue weighted by atomic mass is 10.1. The second-order valence-electron chi connectivity index (χ2n) is 4.60. The van der Waals surface area contributed by atoms with Crippen LogP contribution >= 0.6 is 0 Å². The Kier molecular flexibility index (Phi) is 3.43. The first kappa shape index (κ1) is 11.4. The van der Waals surface area contributed by atoms with E-state index in [0.717, 1.165) is 38.9 Å². The normalized spacial score (nSPS) is 25.5. The first-order valence-electron chi connectivity index (χ1n) is 5.90. The van der Waals surface area contributed by atoms with Gasteiger partial charge in [0, 0.05) is 19.1 Å². The molecule has 2 saturated heterocycles. The molecule has 0 aromatic heterocycles. The minimum Gasteiger partial charge on any atom is -0.481 e. The zero-order valence-corrected chi connectivity index (χ0v) is 9.39. The van der Waals surface area contributed by atoms with Crippen molar-refractivity contribution < 1.29 is 14.7 Å². The molecule has 2 aliphatic heterocycles. The minimum atomic E-state index is -0.770. The quantitative estimate of drug-likeness (QED) is 0.741. The van der Waals surface area contributed by atoms with Crippen LogP contribution in [-0.2, 0) is 9.59 Å². The molecule has 0 aromatic carbocycles. The maximum Gasteiger partial charge on any atom is 0.304 e. The van der Waals surface area contributed by atoms with E-state index in [9.17, 15) is 9.59 Å². The fraction of sp³-hybridized carbons (Fsp3) is 0.818. The van der Waals surface area contributed by atoms with Crippen molar-refractivity contribution in [3.63, 3.8) is 0 Å². The molecule has 2 aliphatic rings. The lowest BCUT2D eigenvalue weighted by Crippen LogP contribution is -2.48. The maximum atomic E-state index is 11.7. The second-order valence-corrected chi connectivity index (χ2v) is 4.60. The van der Waals surface area contributed by atoms with Gasteiger partial charge in [0.1, 0.15) is 0 Å². The van der Waals surface area contributed by atoms with E-state index in [0.29, 0.717) is 6.54 Å². The Labute approximate surface area is 95.0 Å². The van der Waals surface area contributed by atoms with Crippen LogP contribution in [0, 0.1) is 0 Å². The highest BCUT2D eigenvalue weighted by atomic mass is 16.4. The number of rotatable bonds is 4. The van der Waals surface area contributed by atoms with E-state index < -0.39 is 5.97 Å². The van der Waals surface area contributed by atoms with Gasteiger partial charge in [-0.15, -0.1) is 0 Å². The first-order valence-corrected chi connectivity index (χ1v) is 5.90.